The van der Waals surface area contributed by atoms with E-state index in [0.29, 0.717) is 18.4 Å². The molecule has 0 spiro atoms. The van der Waals surface area contributed by atoms with Gasteiger partial charge in [-0.3, -0.25) is 4.79 Å². The molecule has 5 nitrogen and oxygen atoms in total. The van der Waals surface area contributed by atoms with E-state index in [2.05, 4.69) is 55.2 Å². The van der Waals surface area contributed by atoms with E-state index >= 15 is 0 Å². The number of carbonyl (C=O) groups excluding carboxylic acids is 1. The Kier molecular flexibility index (Phi) is 4.94. The molecule has 3 heterocycles. The van der Waals surface area contributed by atoms with E-state index < -0.39 is 0 Å². The monoisotopic (exact) mass is 376 g/mol. The summed E-state index contributed by atoms with van der Waals surface area (Å²) in [6.07, 6.45) is 4.20. The van der Waals surface area contributed by atoms with Crippen LogP contribution in [0.4, 0.5) is 0 Å². The van der Waals surface area contributed by atoms with Crippen molar-refractivity contribution in [3.63, 3.8) is 0 Å². The number of aromatic nitrogens is 2. The molecule has 146 valence electrons. The Bertz CT molecular complexity index is 990. The number of imidazole rings is 1. The largest absolute Gasteiger partial charge is 0.340 e. The van der Waals surface area contributed by atoms with Gasteiger partial charge in [-0.15, -0.1) is 0 Å². The molecule has 0 N–H and O–H groups in total. The topological polar surface area (TPSA) is 40.9 Å². The molecule has 28 heavy (non-hydrogen) atoms. The number of rotatable bonds is 4. The Hall–Kier alpha value is -2.66. The van der Waals surface area contributed by atoms with Gasteiger partial charge in [0.15, 0.2) is 0 Å². The minimum absolute atomic E-state index is 0.171. The number of pyridine rings is 1. The van der Waals surface area contributed by atoms with Crippen molar-refractivity contribution in [2.24, 2.45) is 0 Å². The zero-order valence-corrected chi connectivity index (χ0v) is 17.1. The number of likely N-dealkylation sites (N-methyl/N-ethyl adjacent to an activating group) is 1. The molecule has 1 aromatic carbocycles. The summed E-state index contributed by atoms with van der Waals surface area (Å²) in [5, 5.41) is 0. The maximum Gasteiger partial charge on any atom is 0.228 e. The number of nitrogens with zero attached hydrogens (tertiary/aromatic N) is 4. The van der Waals surface area contributed by atoms with Gasteiger partial charge >= 0.3 is 0 Å². The van der Waals surface area contributed by atoms with Crippen molar-refractivity contribution in [1.29, 1.82) is 0 Å². The smallest absolute Gasteiger partial charge is 0.228 e. The molecule has 0 radical (unpaired) electrons. The first kappa shape index (κ1) is 18.7. The lowest BCUT2D eigenvalue weighted by Gasteiger charge is -2.25. The molecule has 0 bridgehead atoms. The Balaban J connectivity index is 1.54. The number of carbonyl (C=O) groups is 1. The molecule has 1 fully saturated rings. The minimum atomic E-state index is 0.171. The van der Waals surface area contributed by atoms with Crippen molar-refractivity contribution in [3.8, 4) is 0 Å². The highest BCUT2D eigenvalue weighted by Crippen LogP contribution is 2.31. The molecule has 0 saturated carbocycles. The fourth-order valence-corrected chi connectivity index (χ4v) is 4.25. The van der Waals surface area contributed by atoms with Crippen LogP contribution in [-0.2, 0) is 11.2 Å². The molecule has 4 rings (SSSR count). The normalized spacial score (nSPS) is 19.7. The van der Waals surface area contributed by atoms with Gasteiger partial charge in [-0.1, -0.05) is 35.9 Å². The first-order valence-electron chi connectivity index (χ1n) is 9.86. The number of aryl methyl sites for hydroxylation is 2. The van der Waals surface area contributed by atoms with E-state index in [4.69, 9.17) is 0 Å². The van der Waals surface area contributed by atoms with Crippen molar-refractivity contribution in [2.75, 3.05) is 27.2 Å². The Morgan fingerprint density at radius 1 is 1.14 bits per heavy atom. The van der Waals surface area contributed by atoms with Crippen LogP contribution in [0.5, 0.6) is 0 Å². The lowest BCUT2D eigenvalue weighted by atomic mass is 9.93. The second-order valence-electron chi connectivity index (χ2n) is 8.16. The van der Waals surface area contributed by atoms with Gasteiger partial charge in [0.25, 0.3) is 0 Å². The highest BCUT2D eigenvalue weighted by molar-refractivity contribution is 5.79. The summed E-state index contributed by atoms with van der Waals surface area (Å²) in [6, 6.07) is 13.1. The van der Waals surface area contributed by atoms with Crippen LogP contribution in [0.25, 0.3) is 5.65 Å². The first-order valence-corrected chi connectivity index (χ1v) is 9.86. The van der Waals surface area contributed by atoms with Gasteiger partial charge in [0.2, 0.25) is 5.91 Å². The molecule has 5 heteroatoms. The van der Waals surface area contributed by atoms with Crippen LogP contribution in [0.1, 0.15) is 28.3 Å². The molecule has 1 amide bonds. The highest BCUT2D eigenvalue weighted by atomic mass is 16.2. The quantitative estimate of drug-likeness (QED) is 0.703. The second-order valence-corrected chi connectivity index (χ2v) is 8.16. The first-order chi connectivity index (χ1) is 13.4. The lowest BCUT2D eigenvalue weighted by molar-refractivity contribution is -0.129. The maximum atomic E-state index is 13.1. The predicted octanol–water partition coefficient (Wildman–Crippen LogP) is 3.05. The highest BCUT2D eigenvalue weighted by Gasteiger charge is 2.37. The second kappa shape index (κ2) is 7.40. The molecule has 2 atom stereocenters. The van der Waals surface area contributed by atoms with E-state index in [9.17, 15) is 4.79 Å². The molecule has 1 saturated heterocycles. The predicted molar refractivity (Wildman–Crippen MR) is 112 cm³/mol. The van der Waals surface area contributed by atoms with Gasteiger partial charge in [-0.25, -0.2) is 4.98 Å². The average molecular weight is 377 g/mol. The van der Waals surface area contributed by atoms with Crippen molar-refractivity contribution in [1.82, 2.24) is 19.2 Å². The van der Waals surface area contributed by atoms with E-state index in [0.717, 1.165) is 30.0 Å². The van der Waals surface area contributed by atoms with Crippen LogP contribution in [0.15, 0.2) is 48.8 Å². The number of fused-ring (bicyclic) bond motifs is 1. The fourth-order valence-electron chi connectivity index (χ4n) is 4.25. The third kappa shape index (κ3) is 3.42. The molecular formula is C23H28N4O. The summed E-state index contributed by atoms with van der Waals surface area (Å²) in [4.78, 5) is 21.9. The van der Waals surface area contributed by atoms with E-state index in [1.54, 1.807) is 0 Å². The summed E-state index contributed by atoms with van der Waals surface area (Å²) in [7, 11) is 4.21. The molecule has 0 unspecified atom stereocenters. The fraction of sp³-hybridized carbons (Fsp3) is 0.391. The average Bonchev–Trinajstić information content (AvgIpc) is 3.28. The summed E-state index contributed by atoms with van der Waals surface area (Å²) in [5.41, 5.74) is 5.57. The van der Waals surface area contributed by atoms with Gasteiger partial charge in [0.1, 0.15) is 5.65 Å². The van der Waals surface area contributed by atoms with E-state index in [-0.39, 0.29) is 5.91 Å². The third-order valence-electron chi connectivity index (χ3n) is 5.95. The lowest BCUT2D eigenvalue weighted by Crippen LogP contribution is -2.36. The number of hydrogen-bond donors (Lipinski definition) is 0. The van der Waals surface area contributed by atoms with Gasteiger partial charge in [0.05, 0.1) is 12.1 Å². The van der Waals surface area contributed by atoms with Crippen molar-refractivity contribution < 1.29 is 4.79 Å². The summed E-state index contributed by atoms with van der Waals surface area (Å²) >= 11 is 0. The van der Waals surface area contributed by atoms with Gasteiger partial charge < -0.3 is 14.2 Å². The third-order valence-corrected chi connectivity index (χ3v) is 5.95. The zero-order chi connectivity index (χ0) is 19.8. The van der Waals surface area contributed by atoms with Crippen LogP contribution >= 0.6 is 0 Å². The summed E-state index contributed by atoms with van der Waals surface area (Å²) < 4.78 is 2.03. The van der Waals surface area contributed by atoms with Crippen LogP contribution in [0.3, 0.4) is 0 Å². The van der Waals surface area contributed by atoms with E-state index in [1.807, 2.05) is 40.8 Å². The molecule has 1 aliphatic rings. The van der Waals surface area contributed by atoms with Crippen LogP contribution in [0, 0.1) is 13.8 Å². The van der Waals surface area contributed by atoms with Gasteiger partial charge in [0, 0.05) is 37.4 Å². The SMILES string of the molecule is Cc1ccc([C@@H]2CN(C(=O)Cc3cnc4c(C)cccn34)C[C@H]2N(C)C)cc1. The number of hydrogen-bond acceptors (Lipinski definition) is 3. The van der Waals surface area contributed by atoms with Crippen LogP contribution < -0.4 is 0 Å². The van der Waals surface area contributed by atoms with Gasteiger partial charge in [-0.2, -0.15) is 0 Å². The minimum Gasteiger partial charge on any atom is -0.340 e. The molecule has 3 aromatic rings. The van der Waals surface area contributed by atoms with Gasteiger partial charge in [-0.05, 0) is 45.1 Å². The molecule has 0 aliphatic carbocycles. The Morgan fingerprint density at radius 2 is 1.89 bits per heavy atom. The summed E-state index contributed by atoms with van der Waals surface area (Å²) in [6.45, 7) is 5.68. The molecule has 2 aromatic heterocycles. The number of amides is 1. The molecule has 1 aliphatic heterocycles. The van der Waals surface area contributed by atoms with Crippen molar-refractivity contribution >= 4 is 11.6 Å². The Morgan fingerprint density at radius 3 is 2.61 bits per heavy atom. The van der Waals surface area contributed by atoms with E-state index in [1.165, 1.54) is 11.1 Å². The van der Waals surface area contributed by atoms with Crippen LogP contribution in [-0.4, -0.2) is 58.3 Å². The standard InChI is InChI=1S/C23H28N4O/c1-16-7-9-18(10-8-16)20-14-26(15-21(20)25(3)4)22(28)12-19-13-24-23-17(2)6-5-11-27(19)23/h5-11,13,20-21H,12,14-15H2,1-4H3/t20-,21+/m0/s1. The Labute approximate surface area is 166 Å². The number of benzene rings is 1. The van der Waals surface area contributed by atoms with Crippen molar-refractivity contribution in [3.05, 3.63) is 71.2 Å². The van der Waals surface area contributed by atoms with Crippen LogP contribution in [0.2, 0.25) is 0 Å². The number of likely N-dealkylation sites (tertiary alicyclic amines) is 1. The molecular weight excluding hydrogens is 348 g/mol. The maximum absolute atomic E-state index is 13.1. The van der Waals surface area contributed by atoms with Crippen molar-refractivity contribution in [2.45, 2.75) is 32.2 Å². The zero-order valence-electron chi connectivity index (χ0n) is 17.1. The summed E-state index contributed by atoms with van der Waals surface area (Å²) in [5.74, 6) is 0.508.